The summed E-state index contributed by atoms with van der Waals surface area (Å²) < 4.78 is 1.91. The molecule has 1 heterocycles. The molecule has 0 atom stereocenters. The van der Waals surface area contributed by atoms with Gasteiger partial charge < -0.3 is 15.4 Å². The second-order valence-electron chi connectivity index (χ2n) is 4.39. The third-order valence-corrected chi connectivity index (χ3v) is 2.44. The Bertz CT molecular complexity index is 508. The maximum Gasteiger partial charge on any atom is 0.129 e. The number of nitrogens with two attached hydrogens (primary N) is 1. The van der Waals surface area contributed by atoms with Gasteiger partial charge in [0.25, 0.3) is 0 Å². The minimum absolute atomic E-state index is 0.242. The molecule has 0 saturated carbocycles. The molecule has 2 rings (SSSR count). The quantitative estimate of drug-likeness (QED) is 0.741. The average Bonchev–Trinajstić information content (AvgIpc) is 2.43. The first-order valence-corrected chi connectivity index (χ1v) is 4.84. The number of rotatable bonds is 1. The Labute approximate surface area is 88.3 Å². The zero-order valence-electron chi connectivity index (χ0n) is 9.15. The standard InChI is InChI=1S/C11H15N3O/c1-11(2,12)10-13-8-5-4-7(15)6-9(8)14(10)3/h4-6,15H,12H2,1-3H3. The van der Waals surface area contributed by atoms with Crippen molar-refractivity contribution in [2.24, 2.45) is 12.8 Å². The summed E-state index contributed by atoms with van der Waals surface area (Å²) in [5.41, 5.74) is 7.27. The number of hydrogen-bond acceptors (Lipinski definition) is 3. The van der Waals surface area contributed by atoms with Crippen LogP contribution < -0.4 is 5.73 Å². The molecule has 80 valence electrons. The molecule has 15 heavy (non-hydrogen) atoms. The number of phenolic OH excluding ortho intramolecular Hbond substituents is 1. The lowest BCUT2D eigenvalue weighted by molar-refractivity contribution is 0.475. The molecule has 4 nitrogen and oxygen atoms in total. The molecule has 0 aliphatic heterocycles. The van der Waals surface area contributed by atoms with E-state index >= 15 is 0 Å². The van der Waals surface area contributed by atoms with E-state index < -0.39 is 5.54 Å². The van der Waals surface area contributed by atoms with Gasteiger partial charge in [-0.1, -0.05) is 0 Å². The van der Waals surface area contributed by atoms with E-state index in [1.807, 2.05) is 25.5 Å². The van der Waals surface area contributed by atoms with Gasteiger partial charge in [-0.05, 0) is 26.0 Å². The molecule has 0 amide bonds. The number of imidazole rings is 1. The van der Waals surface area contributed by atoms with Crippen LogP contribution in [0, 0.1) is 0 Å². The summed E-state index contributed by atoms with van der Waals surface area (Å²) in [7, 11) is 1.90. The fourth-order valence-electron chi connectivity index (χ4n) is 1.75. The Kier molecular flexibility index (Phi) is 1.98. The van der Waals surface area contributed by atoms with Crippen molar-refractivity contribution >= 4 is 11.0 Å². The van der Waals surface area contributed by atoms with Crippen LogP contribution in [0.15, 0.2) is 18.2 Å². The van der Waals surface area contributed by atoms with E-state index in [0.29, 0.717) is 0 Å². The number of aromatic hydroxyl groups is 1. The van der Waals surface area contributed by atoms with Crippen LogP contribution in [-0.4, -0.2) is 14.7 Å². The van der Waals surface area contributed by atoms with Crippen molar-refractivity contribution in [3.05, 3.63) is 24.0 Å². The van der Waals surface area contributed by atoms with Crippen LogP contribution >= 0.6 is 0 Å². The highest BCUT2D eigenvalue weighted by Crippen LogP contribution is 2.24. The van der Waals surface area contributed by atoms with Crippen molar-refractivity contribution < 1.29 is 5.11 Å². The van der Waals surface area contributed by atoms with Gasteiger partial charge in [0.2, 0.25) is 0 Å². The van der Waals surface area contributed by atoms with Crippen molar-refractivity contribution in [3.8, 4) is 5.75 Å². The van der Waals surface area contributed by atoms with Crippen LogP contribution in [0.1, 0.15) is 19.7 Å². The molecular weight excluding hydrogens is 190 g/mol. The summed E-state index contributed by atoms with van der Waals surface area (Å²) in [6, 6.07) is 5.11. The summed E-state index contributed by atoms with van der Waals surface area (Å²) in [5.74, 6) is 1.05. The van der Waals surface area contributed by atoms with Gasteiger partial charge in [-0.25, -0.2) is 4.98 Å². The lowest BCUT2D eigenvalue weighted by atomic mass is 10.1. The van der Waals surface area contributed by atoms with Gasteiger partial charge in [-0.15, -0.1) is 0 Å². The molecule has 1 aromatic carbocycles. The molecule has 4 heteroatoms. The molecule has 0 radical (unpaired) electrons. The van der Waals surface area contributed by atoms with Crippen molar-refractivity contribution in [3.63, 3.8) is 0 Å². The Morgan fingerprint density at radius 3 is 2.67 bits per heavy atom. The number of hydrogen-bond donors (Lipinski definition) is 2. The maximum atomic E-state index is 9.39. The Balaban J connectivity index is 2.76. The lowest BCUT2D eigenvalue weighted by Crippen LogP contribution is -2.32. The summed E-state index contributed by atoms with van der Waals surface area (Å²) in [5, 5.41) is 9.39. The monoisotopic (exact) mass is 205 g/mol. The lowest BCUT2D eigenvalue weighted by Gasteiger charge is -2.17. The fraction of sp³-hybridized carbons (Fsp3) is 0.364. The molecule has 3 N–H and O–H groups in total. The number of nitrogens with zero attached hydrogens (tertiary/aromatic N) is 2. The van der Waals surface area contributed by atoms with Gasteiger partial charge >= 0.3 is 0 Å². The van der Waals surface area contributed by atoms with Crippen LogP contribution in [0.5, 0.6) is 5.75 Å². The topological polar surface area (TPSA) is 64.1 Å². The first-order chi connectivity index (χ1) is 6.89. The van der Waals surface area contributed by atoms with Crippen molar-refractivity contribution in [1.29, 1.82) is 0 Å². The van der Waals surface area contributed by atoms with Crippen LogP contribution in [0.2, 0.25) is 0 Å². The van der Waals surface area contributed by atoms with Crippen molar-refractivity contribution in [1.82, 2.24) is 9.55 Å². The normalized spacial score (nSPS) is 12.3. The average molecular weight is 205 g/mol. The van der Waals surface area contributed by atoms with E-state index in [0.717, 1.165) is 16.9 Å². The van der Waals surface area contributed by atoms with Gasteiger partial charge in [-0.2, -0.15) is 0 Å². The summed E-state index contributed by atoms with van der Waals surface area (Å²) in [4.78, 5) is 4.45. The second-order valence-corrected chi connectivity index (χ2v) is 4.39. The van der Waals surface area contributed by atoms with E-state index in [4.69, 9.17) is 5.73 Å². The first kappa shape index (κ1) is 9.98. The van der Waals surface area contributed by atoms with Crippen molar-refractivity contribution in [2.75, 3.05) is 0 Å². The number of aromatic nitrogens is 2. The zero-order chi connectivity index (χ0) is 11.2. The van der Waals surface area contributed by atoms with Crippen LogP contribution in [-0.2, 0) is 12.6 Å². The largest absolute Gasteiger partial charge is 0.508 e. The predicted molar refractivity (Wildman–Crippen MR) is 59.6 cm³/mol. The third-order valence-electron chi connectivity index (χ3n) is 2.44. The number of benzene rings is 1. The van der Waals surface area contributed by atoms with E-state index in [2.05, 4.69) is 4.98 Å². The van der Waals surface area contributed by atoms with Gasteiger partial charge in [0.1, 0.15) is 11.6 Å². The molecule has 0 saturated heterocycles. The number of phenols is 1. The van der Waals surface area contributed by atoms with Crippen molar-refractivity contribution in [2.45, 2.75) is 19.4 Å². The summed E-state index contributed by atoms with van der Waals surface area (Å²) >= 11 is 0. The zero-order valence-corrected chi connectivity index (χ0v) is 9.15. The highest BCUT2D eigenvalue weighted by Gasteiger charge is 2.21. The first-order valence-electron chi connectivity index (χ1n) is 4.84. The van der Waals surface area contributed by atoms with E-state index in [1.54, 1.807) is 18.2 Å². The Hall–Kier alpha value is -1.55. The van der Waals surface area contributed by atoms with Crippen LogP contribution in [0.4, 0.5) is 0 Å². The van der Waals surface area contributed by atoms with Gasteiger partial charge in [0.05, 0.1) is 16.6 Å². The van der Waals surface area contributed by atoms with Crippen LogP contribution in [0.25, 0.3) is 11.0 Å². The molecule has 2 aromatic rings. The van der Waals surface area contributed by atoms with Gasteiger partial charge in [0, 0.05) is 13.1 Å². The second kappa shape index (κ2) is 2.97. The van der Waals surface area contributed by atoms with E-state index in [-0.39, 0.29) is 5.75 Å². The predicted octanol–water partition coefficient (Wildman–Crippen LogP) is 1.47. The minimum Gasteiger partial charge on any atom is -0.508 e. The maximum absolute atomic E-state index is 9.39. The molecule has 0 fully saturated rings. The Morgan fingerprint density at radius 1 is 1.40 bits per heavy atom. The molecule has 0 bridgehead atoms. The summed E-state index contributed by atoms with van der Waals surface area (Å²) in [6.07, 6.45) is 0. The van der Waals surface area contributed by atoms with E-state index in [1.165, 1.54) is 0 Å². The third kappa shape index (κ3) is 1.57. The highest BCUT2D eigenvalue weighted by atomic mass is 16.3. The molecule has 0 spiro atoms. The smallest absolute Gasteiger partial charge is 0.129 e. The Morgan fingerprint density at radius 2 is 2.07 bits per heavy atom. The van der Waals surface area contributed by atoms with Crippen LogP contribution in [0.3, 0.4) is 0 Å². The fourth-order valence-corrected chi connectivity index (χ4v) is 1.75. The number of fused-ring (bicyclic) bond motifs is 1. The molecule has 0 aliphatic rings. The van der Waals surface area contributed by atoms with E-state index in [9.17, 15) is 5.11 Å². The minimum atomic E-state index is -0.483. The molecule has 0 unspecified atom stereocenters. The molecule has 0 aliphatic carbocycles. The van der Waals surface area contributed by atoms with Gasteiger partial charge in [0.15, 0.2) is 0 Å². The molecule has 1 aromatic heterocycles. The SMILES string of the molecule is Cn1c(C(C)(C)N)nc2ccc(O)cc21. The number of aryl methyl sites for hydroxylation is 1. The summed E-state index contributed by atoms with van der Waals surface area (Å²) in [6.45, 7) is 3.82. The van der Waals surface area contributed by atoms with Gasteiger partial charge in [-0.3, -0.25) is 0 Å². The molecular formula is C11H15N3O. The highest BCUT2D eigenvalue weighted by molar-refractivity contribution is 5.77.